The molecule has 0 radical (unpaired) electrons. The van der Waals surface area contributed by atoms with Crippen LogP contribution in [0, 0.1) is 17.8 Å². The lowest BCUT2D eigenvalue weighted by molar-refractivity contribution is -0.154. The van der Waals surface area contributed by atoms with Crippen LogP contribution >= 0.6 is 11.8 Å². The first-order valence-corrected chi connectivity index (χ1v) is 12.8. The number of fused-ring (bicyclic) bond motifs is 1. The van der Waals surface area contributed by atoms with Crippen LogP contribution in [-0.2, 0) is 19.1 Å². The normalized spacial score (nSPS) is 33.3. The zero-order valence-corrected chi connectivity index (χ0v) is 20.1. The molecule has 2 amide bonds. The van der Waals surface area contributed by atoms with Crippen molar-refractivity contribution in [2.24, 2.45) is 17.8 Å². The molecule has 1 spiro atoms. The minimum atomic E-state index is -0.660. The number of aliphatic hydroxyl groups excluding tert-OH is 1. The number of carbonyl (C=O) groups is 3. The molecule has 8 heteroatoms. The molecule has 2 bridgehead atoms. The molecule has 7 atom stereocenters. The smallest absolute Gasteiger partial charge is 0.310 e. The number of rotatable bonds is 11. The van der Waals surface area contributed by atoms with Crippen LogP contribution in [0.5, 0.6) is 0 Å². The summed E-state index contributed by atoms with van der Waals surface area (Å²) in [4.78, 5) is 41.8. The Morgan fingerprint density at radius 1 is 1.32 bits per heavy atom. The molecule has 176 valence electrons. The van der Waals surface area contributed by atoms with Crippen molar-refractivity contribution in [1.29, 1.82) is 0 Å². The van der Waals surface area contributed by atoms with Gasteiger partial charge in [0, 0.05) is 11.8 Å². The fourth-order valence-corrected chi connectivity index (χ4v) is 7.95. The van der Waals surface area contributed by atoms with Gasteiger partial charge in [0.05, 0.1) is 35.8 Å². The number of hydrogen-bond acceptors (Lipinski definition) is 6. The Balaban J connectivity index is 1.97. The van der Waals surface area contributed by atoms with Crippen LogP contribution in [0.2, 0.25) is 0 Å². The number of carbonyl (C=O) groups excluding carboxylic acids is 3. The Morgan fingerprint density at radius 3 is 2.68 bits per heavy atom. The molecule has 2 N–H and O–H groups in total. The fourth-order valence-electron chi connectivity index (χ4n) is 5.75. The van der Waals surface area contributed by atoms with Crippen molar-refractivity contribution in [2.75, 3.05) is 19.8 Å². The van der Waals surface area contributed by atoms with E-state index in [1.54, 1.807) is 23.6 Å². The average Bonchev–Trinajstić information content (AvgIpc) is 3.39. The van der Waals surface area contributed by atoms with Crippen molar-refractivity contribution in [3.8, 4) is 0 Å². The Bertz CT molecular complexity index is 689. The van der Waals surface area contributed by atoms with Gasteiger partial charge in [-0.2, -0.15) is 0 Å². The fraction of sp³-hybridized carbons (Fsp3) is 0.870. The summed E-state index contributed by atoms with van der Waals surface area (Å²) >= 11 is 1.64. The largest absolute Gasteiger partial charge is 0.466 e. The number of nitrogens with one attached hydrogen (secondary N) is 1. The van der Waals surface area contributed by atoms with Gasteiger partial charge in [0.2, 0.25) is 11.8 Å². The summed E-state index contributed by atoms with van der Waals surface area (Å²) in [5, 5.41) is 13.3. The van der Waals surface area contributed by atoms with Gasteiger partial charge in [-0.1, -0.05) is 40.0 Å². The highest BCUT2D eigenvalue weighted by molar-refractivity contribution is 8.02. The lowest BCUT2D eigenvalue weighted by atomic mass is 9.71. The summed E-state index contributed by atoms with van der Waals surface area (Å²) in [6, 6.07) is -1.10. The maximum absolute atomic E-state index is 13.8. The highest BCUT2D eigenvalue weighted by Gasteiger charge is 2.74. The van der Waals surface area contributed by atoms with Gasteiger partial charge < -0.3 is 20.1 Å². The van der Waals surface area contributed by atoms with E-state index in [0.717, 1.165) is 38.5 Å². The molecule has 3 rings (SSSR count). The van der Waals surface area contributed by atoms with Gasteiger partial charge >= 0.3 is 5.97 Å². The number of likely N-dealkylation sites (tertiary alicyclic amines) is 1. The average molecular weight is 455 g/mol. The molecule has 3 heterocycles. The molecule has 3 aliphatic heterocycles. The van der Waals surface area contributed by atoms with E-state index in [4.69, 9.17) is 4.74 Å². The Labute approximate surface area is 190 Å². The number of thioether (sulfide) groups is 1. The number of unbranched alkanes of at least 4 members (excludes halogenated alkanes) is 2. The standard InChI is InChI=1S/C23H38N2O5S/c1-5-8-9-12-24-20(27)19-23-11-10-16(31-23)17(22(29)30-7-3)18(23)21(28)25(19)15(13-26)14(4)6-2/h14-19,26H,5-13H2,1-4H3,(H,24,27)/t14-,15-,16+,17-,18-,19?,23?/m0/s1. The van der Waals surface area contributed by atoms with Crippen LogP contribution in [0.15, 0.2) is 0 Å². The van der Waals surface area contributed by atoms with Crippen LogP contribution in [0.1, 0.15) is 66.2 Å². The summed E-state index contributed by atoms with van der Waals surface area (Å²) in [7, 11) is 0. The van der Waals surface area contributed by atoms with Gasteiger partial charge in [-0.05, 0) is 32.1 Å². The van der Waals surface area contributed by atoms with E-state index >= 15 is 0 Å². The Morgan fingerprint density at radius 2 is 2.06 bits per heavy atom. The molecule has 0 aromatic heterocycles. The number of hydrogen-bond donors (Lipinski definition) is 2. The molecular formula is C23H38N2O5S. The molecule has 0 aromatic rings. The van der Waals surface area contributed by atoms with Crippen molar-refractivity contribution in [2.45, 2.75) is 88.3 Å². The highest BCUT2D eigenvalue weighted by Crippen LogP contribution is 2.66. The lowest BCUT2D eigenvalue weighted by Gasteiger charge is -2.39. The predicted molar refractivity (Wildman–Crippen MR) is 120 cm³/mol. The van der Waals surface area contributed by atoms with Gasteiger partial charge in [0.15, 0.2) is 0 Å². The SMILES string of the molecule is CCCCCNC(=O)C1N([C@@H](CO)[C@@H](C)CC)C(=O)[C@@H]2[C@@H](C(=O)OCC)[C@H]3CCC12S3. The van der Waals surface area contributed by atoms with E-state index in [2.05, 4.69) is 12.2 Å². The first-order valence-electron chi connectivity index (χ1n) is 11.9. The van der Waals surface area contributed by atoms with Crippen molar-refractivity contribution >= 4 is 29.5 Å². The third-order valence-corrected chi connectivity index (χ3v) is 9.42. The Kier molecular flexibility index (Phi) is 7.95. The van der Waals surface area contributed by atoms with Crippen molar-refractivity contribution < 1.29 is 24.2 Å². The summed E-state index contributed by atoms with van der Waals surface area (Å²) in [5.41, 5.74) is 0. The number of aliphatic hydroxyl groups is 1. The van der Waals surface area contributed by atoms with Crippen molar-refractivity contribution in [3.63, 3.8) is 0 Å². The molecule has 0 saturated carbocycles. The summed E-state index contributed by atoms with van der Waals surface area (Å²) in [6.07, 6.45) is 5.32. The van der Waals surface area contributed by atoms with E-state index in [1.807, 2.05) is 13.8 Å². The molecular weight excluding hydrogens is 416 g/mol. The second-order valence-electron chi connectivity index (χ2n) is 9.19. The molecule has 31 heavy (non-hydrogen) atoms. The zero-order valence-electron chi connectivity index (χ0n) is 19.3. The lowest BCUT2D eigenvalue weighted by Crippen LogP contribution is -2.57. The van der Waals surface area contributed by atoms with Gasteiger partial charge in [-0.3, -0.25) is 14.4 Å². The molecule has 3 saturated heterocycles. The number of ether oxygens (including phenoxy) is 1. The van der Waals surface area contributed by atoms with Gasteiger partial charge in [-0.25, -0.2) is 0 Å². The first-order chi connectivity index (χ1) is 14.9. The second kappa shape index (κ2) is 10.1. The van der Waals surface area contributed by atoms with Gasteiger partial charge in [-0.15, -0.1) is 11.8 Å². The third kappa shape index (κ3) is 4.10. The summed E-state index contributed by atoms with van der Waals surface area (Å²) in [5.74, 6) is -1.66. The molecule has 0 aliphatic carbocycles. The van der Waals surface area contributed by atoms with E-state index in [0.29, 0.717) is 6.54 Å². The monoisotopic (exact) mass is 454 g/mol. The summed E-state index contributed by atoms with van der Waals surface area (Å²) < 4.78 is 4.72. The van der Waals surface area contributed by atoms with Gasteiger partial charge in [0.25, 0.3) is 0 Å². The molecule has 2 unspecified atom stereocenters. The van der Waals surface area contributed by atoms with Crippen molar-refractivity contribution in [1.82, 2.24) is 10.2 Å². The van der Waals surface area contributed by atoms with E-state index < -0.39 is 28.7 Å². The first kappa shape index (κ1) is 24.4. The van der Waals surface area contributed by atoms with Crippen LogP contribution in [0.25, 0.3) is 0 Å². The van der Waals surface area contributed by atoms with E-state index in [1.165, 1.54) is 0 Å². The Hall–Kier alpha value is -1.28. The van der Waals surface area contributed by atoms with Crippen LogP contribution in [-0.4, -0.2) is 69.6 Å². The van der Waals surface area contributed by atoms with Crippen LogP contribution < -0.4 is 5.32 Å². The van der Waals surface area contributed by atoms with Crippen LogP contribution in [0.3, 0.4) is 0 Å². The molecule has 0 aromatic carbocycles. The van der Waals surface area contributed by atoms with Crippen LogP contribution in [0.4, 0.5) is 0 Å². The minimum Gasteiger partial charge on any atom is -0.466 e. The third-order valence-electron chi connectivity index (χ3n) is 7.47. The maximum Gasteiger partial charge on any atom is 0.310 e. The summed E-state index contributed by atoms with van der Waals surface area (Å²) in [6.45, 7) is 8.57. The molecule has 7 nitrogen and oxygen atoms in total. The topological polar surface area (TPSA) is 95.9 Å². The minimum absolute atomic E-state index is 0.0155. The zero-order chi connectivity index (χ0) is 22.8. The van der Waals surface area contributed by atoms with E-state index in [-0.39, 0.29) is 42.2 Å². The predicted octanol–water partition coefficient (Wildman–Crippen LogP) is 2.35. The van der Waals surface area contributed by atoms with Gasteiger partial charge in [0.1, 0.15) is 6.04 Å². The maximum atomic E-state index is 13.8. The number of esters is 1. The molecule has 3 aliphatic rings. The second-order valence-corrected chi connectivity index (χ2v) is 10.8. The van der Waals surface area contributed by atoms with E-state index in [9.17, 15) is 19.5 Å². The molecule has 3 fully saturated rings. The highest BCUT2D eigenvalue weighted by atomic mass is 32.2. The van der Waals surface area contributed by atoms with Crippen molar-refractivity contribution in [3.05, 3.63) is 0 Å². The number of nitrogens with zero attached hydrogens (tertiary/aromatic N) is 1. The number of amides is 2. The quantitative estimate of drug-likeness (QED) is 0.368.